The van der Waals surface area contributed by atoms with Gasteiger partial charge in [0, 0.05) is 18.3 Å². The van der Waals surface area contributed by atoms with E-state index in [1.54, 1.807) is 37.3 Å². The van der Waals surface area contributed by atoms with E-state index in [0.29, 0.717) is 11.3 Å². The highest BCUT2D eigenvalue weighted by Gasteiger charge is 2.26. The van der Waals surface area contributed by atoms with Gasteiger partial charge in [-0.05, 0) is 50.1 Å². The summed E-state index contributed by atoms with van der Waals surface area (Å²) < 4.78 is 27.0. The third-order valence-corrected chi connectivity index (χ3v) is 5.27. The Morgan fingerprint density at radius 2 is 1.69 bits per heavy atom. The first-order valence-corrected chi connectivity index (χ1v) is 10.6. The number of carbonyl (C=O) groups excluding carboxylic acids is 2. The molecule has 29 heavy (non-hydrogen) atoms. The number of amides is 2. The maximum absolute atomic E-state index is 13.8. The second kappa shape index (κ2) is 11.0. The van der Waals surface area contributed by atoms with E-state index in [-0.39, 0.29) is 41.8 Å². The minimum atomic E-state index is -0.691. The van der Waals surface area contributed by atoms with E-state index in [1.807, 2.05) is 13.8 Å². The molecule has 2 rings (SSSR count). The molecule has 0 heterocycles. The summed E-state index contributed by atoms with van der Waals surface area (Å²) in [5, 5.41) is 2.81. The topological polar surface area (TPSA) is 49.4 Å². The van der Waals surface area contributed by atoms with Gasteiger partial charge in [-0.1, -0.05) is 30.3 Å². The molecule has 0 aliphatic heterocycles. The van der Waals surface area contributed by atoms with Crippen LogP contribution in [0.1, 0.15) is 31.9 Å². The molecule has 4 nitrogen and oxygen atoms in total. The first-order chi connectivity index (χ1) is 13.8. The Morgan fingerprint density at radius 3 is 2.31 bits per heavy atom. The molecule has 0 aliphatic rings. The SMILES string of the molecule is CC(C)NC(=O)[C@H](C)N(Cc1ccc(F)cc1)C(=O)CSCc1ccccc1F. The van der Waals surface area contributed by atoms with Crippen LogP contribution in [0.3, 0.4) is 0 Å². The lowest BCUT2D eigenvalue weighted by Gasteiger charge is -2.29. The van der Waals surface area contributed by atoms with Gasteiger partial charge in [0.1, 0.15) is 17.7 Å². The molecule has 0 saturated carbocycles. The van der Waals surface area contributed by atoms with E-state index in [0.717, 1.165) is 5.56 Å². The van der Waals surface area contributed by atoms with E-state index in [9.17, 15) is 18.4 Å². The molecule has 2 amide bonds. The standard InChI is InChI=1S/C22H26F2N2O2S/c1-15(2)25-22(28)16(3)26(12-17-8-10-19(23)11-9-17)21(27)14-29-13-18-6-4-5-7-20(18)24/h4-11,15-16H,12-14H2,1-3H3,(H,25,28)/t16-/m0/s1. The van der Waals surface area contributed by atoms with E-state index in [1.165, 1.54) is 34.9 Å². The van der Waals surface area contributed by atoms with Gasteiger partial charge in [0.05, 0.1) is 5.75 Å². The highest BCUT2D eigenvalue weighted by Crippen LogP contribution is 2.18. The highest BCUT2D eigenvalue weighted by molar-refractivity contribution is 7.99. The van der Waals surface area contributed by atoms with Crippen molar-refractivity contribution >= 4 is 23.6 Å². The molecule has 2 aromatic rings. The van der Waals surface area contributed by atoms with Gasteiger partial charge >= 0.3 is 0 Å². The molecule has 0 aromatic heterocycles. The summed E-state index contributed by atoms with van der Waals surface area (Å²) in [5.41, 5.74) is 1.25. The van der Waals surface area contributed by atoms with Gasteiger partial charge < -0.3 is 10.2 Å². The van der Waals surface area contributed by atoms with Crippen molar-refractivity contribution in [3.05, 3.63) is 71.3 Å². The predicted molar refractivity (Wildman–Crippen MR) is 112 cm³/mol. The number of nitrogens with one attached hydrogen (secondary N) is 1. The van der Waals surface area contributed by atoms with Crippen LogP contribution in [0.4, 0.5) is 8.78 Å². The zero-order valence-electron chi connectivity index (χ0n) is 16.8. The Morgan fingerprint density at radius 1 is 1.03 bits per heavy atom. The van der Waals surface area contributed by atoms with Crippen molar-refractivity contribution in [2.75, 3.05) is 5.75 Å². The number of hydrogen-bond acceptors (Lipinski definition) is 3. The zero-order valence-corrected chi connectivity index (χ0v) is 17.6. The minimum absolute atomic E-state index is 0.0526. The normalized spacial score (nSPS) is 11.9. The Hall–Kier alpha value is -2.41. The highest BCUT2D eigenvalue weighted by atomic mass is 32.2. The summed E-state index contributed by atoms with van der Waals surface area (Å²) in [6, 6.07) is 11.5. The molecular weight excluding hydrogens is 394 g/mol. The lowest BCUT2D eigenvalue weighted by molar-refractivity contribution is -0.138. The predicted octanol–water partition coefficient (Wildman–Crippen LogP) is 4.14. The summed E-state index contributed by atoms with van der Waals surface area (Å²) in [6.07, 6.45) is 0. The second-order valence-electron chi connectivity index (χ2n) is 7.07. The van der Waals surface area contributed by atoms with E-state index >= 15 is 0 Å². The molecule has 156 valence electrons. The second-order valence-corrected chi connectivity index (χ2v) is 8.06. The molecule has 0 radical (unpaired) electrons. The molecular formula is C22H26F2N2O2S. The maximum Gasteiger partial charge on any atom is 0.242 e. The van der Waals surface area contributed by atoms with Crippen LogP contribution in [-0.4, -0.2) is 34.6 Å². The summed E-state index contributed by atoms with van der Waals surface area (Å²) in [5.74, 6) is -0.695. The fourth-order valence-electron chi connectivity index (χ4n) is 2.72. The summed E-state index contributed by atoms with van der Waals surface area (Å²) in [4.78, 5) is 26.8. The summed E-state index contributed by atoms with van der Waals surface area (Å²) in [6.45, 7) is 5.55. The quantitative estimate of drug-likeness (QED) is 0.663. The van der Waals surface area contributed by atoms with Crippen LogP contribution < -0.4 is 5.32 Å². The van der Waals surface area contributed by atoms with Crippen molar-refractivity contribution in [3.63, 3.8) is 0 Å². The van der Waals surface area contributed by atoms with Gasteiger partial charge in [0.15, 0.2) is 0 Å². The molecule has 1 atom stereocenters. The smallest absolute Gasteiger partial charge is 0.242 e. The average Bonchev–Trinajstić information content (AvgIpc) is 2.68. The fourth-order valence-corrected chi connectivity index (χ4v) is 3.62. The van der Waals surface area contributed by atoms with Crippen molar-refractivity contribution in [1.29, 1.82) is 0 Å². The molecule has 0 spiro atoms. The van der Waals surface area contributed by atoms with E-state index in [4.69, 9.17) is 0 Å². The molecule has 0 fully saturated rings. The van der Waals surface area contributed by atoms with Crippen molar-refractivity contribution in [2.45, 2.75) is 45.2 Å². The first kappa shape index (κ1) is 22.9. The van der Waals surface area contributed by atoms with Crippen molar-refractivity contribution in [1.82, 2.24) is 10.2 Å². The van der Waals surface area contributed by atoms with Gasteiger partial charge in [-0.15, -0.1) is 11.8 Å². The molecule has 2 aromatic carbocycles. The molecule has 0 bridgehead atoms. The Kier molecular flexibility index (Phi) is 8.64. The Labute approximate surface area is 174 Å². The van der Waals surface area contributed by atoms with Crippen molar-refractivity contribution < 1.29 is 18.4 Å². The Bertz CT molecular complexity index is 828. The fraction of sp³-hybridized carbons (Fsp3) is 0.364. The molecule has 0 aliphatic carbocycles. The van der Waals surface area contributed by atoms with E-state index < -0.39 is 6.04 Å². The number of benzene rings is 2. The Balaban J connectivity index is 2.07. The third-order valence-electron chi connectivity index (χ3n) is 4.31. The number of carbonyl (C=O) groups is 2. The first-order valence-electron chi connectivity index (χ1n) is 9.43. The van der Waals surface area contributed by atoms with Crippen LogP contribution >= 0.6 is 11.8 Å². The van der Waals surface area contributed by atoms with Crippen LogP contribution in [0.15, 0.2) is 48.5 Å². The lowest BCUT2D eigenvalue weighted by atomic mass is 10.1. The largest absolute Gasteiger partial charge is 0.352 e. The summed E-state index contributed by atoms with van der Waals surface area (Å²) >= 11 is 1.29. The number of nitrogens with zero attached hydrogens (tertiary/aromatic N) is 1. The number of hydrogen-bond donors (Lipinski definition) is 1. The van der Waals surface area contributed by atoms with Gasteiger partial charge in [0.2, 0.25) is 11.8 Å². The average molecular weight is 421 g/mol. The number of rotatable bonds is 9. The van der Waals surface area contributed by atoms with Crippen LogP contribution in [-0.2, 0) is 21.9 Å². The van der Waals surface area contributed by atoms with Gasteiger partial charge in [-0.2, -0.15) is 0 Å². The lowest BCUT2D eigenvalue weighted by Crippen LogP contribution is -2.49. The molecule has 7 heteroatoms. The van der Waals surface area contributed by atoms with Crippen LogP contribution in [0.2, 0.25) is 0 Å². The maximum atomic E-state index is 13.8. The minimum Gasteiger partial charge on any atom is -0.352 e. The van der Waals surface area contributed by atoms with Crippen LogP contribution in [0, 0.1) is 11.6 Å². The number of halogens is 2. The third kappa shape index (κ3) is 7.16. The van der Waals surface area contributed by atoms with E-state index in [2.05, 4.69) is 5.32 Å². The van der Waals surface area contributed by atoms with Gasteiger partial charge in [-0.3, -0.25) is 9.59 Å². The number of thioether (sulfide) groups is 1. The van der Waals surface area contributed by atoms with Crippen molar-refractivity contribution in [2.24, 2.45) is 0 Å². The van der Waals surface area contributed by atoms with Gasteiger partial charge in [-0.25, -0.2) is 8.78 Å². The molecule has 0 saturated heterocycles. The van der Waals surface area contributed by atoms with Crippen molar-refractivity contribution in [3.8, 4) is 0 Å². The van der Waals surface area contributed by atoms with Crippen LogP contribution in [0.25, 0.3) is 0 Å². The molecule has 0 unspecified atom stereocenters. The monoisotopic (exact) mass is 420 g/mol. The van der Waals surface area contributed by atoms with Crippen LogP contribution in [0.5, 0.6) is 0 Å². The summed E-state index contributed by atoms with van der Waals surface area (Å²) in [7, 11) is 0. The zero-order chi connectivity index (χ0) is 21.4. The molecule has 1 N–H and O–H groups in total. The van der Waals surface area contributed by atoms with Gasteiger partial charge in [0.25, 0.3) is 0 Å².